The van der Waals surface area contributed by atoms with Crippen molar-refractivity contribution in [2.75, 3.05) is 17.7 Å². The van der Waals surface area contributed by atoms with Crippen LogP contribution in [0.1, 0.15) is 30.0 Å². The fourth-order valence-electron chi connectivity index (χ4n) is 4.20. The van der Waals surface area contributed by atoms with Crippen LogP contribution >= 0.6 is 0 Å². The number of hydrogen-bond donors (Lipinski definition) is 4. The van der Waals surface area contributed by atoms with Crippen LogP contribution in [0.15, 0.2) is 76.0 Å². The lowest BCUT2D eigenvalue weighted by molar-refractivity contribution is -0.140. The smallest absolute Gasteiger partial charge is 0.322 e. The van der Waals surface area contributed by atoms with Crippen molar-refractivity contribution in [1.29, 1.82) is 0 Å². The molecule has 0 bridgehead atoms. The van der Waals surface area contributed by atoms with Gasteiger partial charge in [0.15, 0.2) is 5.76 Å². The summed E-state index contributed by atoms with van der Waals surface area (Å²) in [7, 11) is -2.19. The average Bonchev–Trinajstić information content (AvgIpc) is 3.24. The second-order valence-corrected chi connectivity index (χ2v) is 10.9. The Morgan fingerprint density at radius 1 is 0.921 bits per heavy atom. The van der Waals surface area contributed by atoms with Crippen molar-refractivity contribution in [1.82, 2.24) is 4.72 Å². The van der Waals surface area contributed by atoms with Gasteiger partial charge in [0.05, 0.1) is 4.90 Å². The predicted molar refractivity (Wildman–Crippen MR) is 147 cm³/mol. The van der Waals surface area contributed by atoms with E-state index in [0.29, 0.717) is 11.3 Å². The number of nitrogens with one attached hydrogen (secondary N) is 3. The molecule has 0 fully saturated rings. The first kappa shape index (κ1) is 26.9. The largest absolute Gasteiger partial charge is 0.480 e. The maximum atomic E-state index is 12.9. The molecule has 4 N–H and O–H groups in total. The molecule has 0 radical (unpaired) electrons. The topological polar surface area (TPSA) is 138 Å². The zero-order chi connectivity index (χ0) is 27.6. The molecule has 0 aliphatic heterocycles. The molecule has 1 aromatic heterocycles. The maximum Gasteiger partial charge on any atom is 0.322 e. The van der Waals surface area contributed by atoms with E-state index in [9.17, 15) is 23.1 Å². The second kappa shape index (κ2) is 10.7. The molecular weight excluding hydrogens is 506 g/mol. The summed E-state index contributed by atoms with van der Waals surface area (Å²) in [6.45, 7) is 5.11. The Bertz CT molecular complexity index is 1590. The normalized spacial score (nSPS) is 12.4. The first-order valence-electron chi connectivity index (χ1n) is 12.0. The molecule has 0 saturated heterocycles. The van der Waals surface area contributed by atoms with Crippen LogP contribution in [-0.2, 0) is 14.8 Å². The number of hydrogen-bond acceptors (Lipinski definition) is 6. The number of carbonyl (C=O) groups excluding carboxylic acids is 1. The molecule has 9 nitrogen and oxygen atoms in total. The number of carboxylic acid groups (broad SMARTS) is 1. The van der Waals surface area contributed by atoms with E-state index in [0.717, 1.165) is 27.8 Å². The van der Waals surface area contributed by atoms with E-state index < -0.39 is 28.0 Å². The van der Waals surface area contributed by atoms with Crippen molar-refractivity contribution >= 4 is 44.2 Å². The summed E-state index contributed by atoms with van der Waals surface area (Å²) < 4.78 is 33.4. The van der Waals surface area contributed by atoms with Gasteiger partial charge in [0.1, 0.15) is 11.6 Å². The molecule has 0 unspecified atom stereocenters. The molecule has 0 saturated carbocycles. The summed E-state index contributed by atoms with van der Waals surface area (Å²) in [4.78, 5) is 24.3. The van der Waals surface area contributed by atoms with Gasteiger partial charge in [-0.1, -0.05) is 44.2 Å². The molecule has 38 heavy (non-hydrogen) atoms. The number of rotatable bonds is 9. The van der Waals surface area contributed by atoms with Crippen molar-refractivity contribution in [2.24, 2.45) is 5.92 Å². The Balaban J connectivity index is 1.48. The van der Waals surface area contributed by atoms with Gasteiger partial charge in [-0.15, -0.1) is 0 Å². The number of anilines is 2. The summed E-state index contributed by atoms with van der Waals surface area (Å²) in [6, 6.07) is 17.6. The zero-order valence-electron chi connectivity index (χ0n) is 21.4. The summed E-state index contributed by atoms with van der Waals surface area (Å²) in [6.07, 6.45) is 0. The van der Waals surface area contributed by atoms with Gasteiger partial charge >= 0.3 is 5.97 Å². The average molecular weight is 536 g/mol. The summed E-state index contributed by atoms with van der Waals surface area (Å²) >= 11 is 0. The highest BCUT2D eigenvalue weighted by Gasteiger charge is 2.28. The van der Waals surface area contributed by atoms with Gasteiger partial charge in [0.25, 0.3) is 5.91 Å². The highest BCUT2D eigenvalue weighted by Crippen LogP contribution is 2.32. The Morgan fingerprint density at radius 3 is 2.08 bits per heavy atom. The van der Waals surface area contributed by atoms with Gasteiger partial charge in [-0.25, -0.2) is 8.42 Å². The quantitative estimate of drug-likeness (QED) is 0.234. The van der Waals surface area contributed by atoms with Crippen LogP contribution in [0, 0.1) is 12.8 Å². The second-order valence-electron chi connectivity index (χ2n) is 9.22. The van der Waals surface area contributed by atoms with Crippen molar-refractivity contribution in [3.8, 4) is 11.1 Å². The SMILES string of the molecule is CNc1cccc2oc(C(=O)Nc3ccc(-c4ccc(S(=O)(=O)N[C@H](C(=O)O)C(C)C)cc4)cc3)c(C)c12. The molecule has 198 valence electrons. The van der Waals surface area contributed by atoms with Gasteiger partial charge in [0.2, 0.25) is 10.0 Å². The standard InChI is InChI=1S/C28H29N3O6S/c1-16(2)25(28(33)34)31-38(35,36)21-14-10-19(11-15-21)18-8-12-20(13-9-18)30-27(32)26-17(3)24-22(29-4)6-5-7-23(24)37-26/h5-16,25,29,31H,1-4H3,(H,30,32)(H,33,34)/t25-/m0/s1. The van der Waals surface area contributed by atoms with Crippen LogP contribution in [0.25, 0.3) is 22.1 Å². The van der Waals surface area contributed by atoms with E-state index in [2.05, 4.69) is 15.4 Å². The van der Waals surface area contributed by atoms with Crippen molar-refractivity contribution in [3.05, 3.63) is 78.1 Å². The minimum absolute atomic E-state index is 0.0281. The van der Waals surface area contributed by atoms with Crippen LogP contribution in [-0.4, -0.2) is 38.5 Å². The maximum absolute atomic E-state index is 12.9. The summed E-state index contributed by atoms with van der Waals surface area (Å²) in [5, 5.41) is 16.1. The van der Waals surface area contributed by atoms with Crippen molar-refractivity contribution in [3.63, 3.8) is 0 Å². The molecule has 1 atom stereocenters. The number of fused-ring (bicyclic) bond motifs is 1. The van der Waals surface area contributed by atoms with E-state index >= 15 is 0 Å². The molecule has 4 rings (SSSR count). The van der Waals surface area contributed by atoms with E-state index in [1.807, 2.05) is 32.2 Å². The number of benzene rings is 3. The van der Waals surface area contributed by atoms with Gasteiger partial charge in [-0.2, -0.15) is 4.72 Å². The number of carboxylic acids is 1. The molecule has 10 heteroatoms. The fraction of sp³-hybridized carbons (Fsp3) is 0.214. The summed E-state index contributed by atoms with van der Waals surface area (Å²) in [5.74, 6) is -1.77. The van der Waals surface area contributed by atoms with Crippen LogP contribution in [0.5, 0.6) is 0 Å². The summed E-state index contributed by atoms with van der Waals surface area (Å²) in [5.41, 5.74) is 4.38. The number of carbonyl (C=O) groups is 2. The van der Waals surface area contributed by atoms with Crippen molar-refractivity contribution in [2.45, 2.75) is 31.7 Å². The lowest BCUT2D eigenvalue weighted by Gasteiger charge is -2.18. The molecule has 0 aliphatic carbocycles. The molecule has 3 aromatic carbocycles. The van der Waals surface area contributed by atoms with E-state index in [-0.39, 0.29) is 16.6 Å². The molecule has 1 heterocycles. The van der Waals surface area contributed by atoms with Crippen molar-refractivity contribution < 1.29 is 27.5 Å². The fourth-order valence-corrected chi connectivity index (χ4v) is 5.53. The lowest BCUT2D eigenvalue weighted by atomic mass is 10.1. The highest BCUT2D eigenvalue weighted by atomic mass is 32.2. The van der Waals surface area contributed by atoms with E-state index in [1.165, 1.54) is 12.1 Å². The number of sulfonamides is 1. The third-order valence-corrected chi connectivity index (χ3v) is 7.74. The first-order valence-corrected chi connectivity index (χ1v) is 13.5. The molecule has 0 spiro atoms. The Hall–Kier alpha value is -4.15. The molecule has 4 aromatic rings. The molecular formula is C28H29N3O6S. The predicted octanol–water partition coefficient (Wildman–Crippen LogP) is 5.09. The number of furan rings is 1. The number of aryl methyl sites for hydroxylation is 1. The Morgan fingerprint density at radius 2 is 1.53 bits per heavy atom. The van der Waals surface area contributed by atoms with Crippen LogP contribution in [0.4, 0.5) is 11.4 Å². The minimum atomic E-state index is -4.00. The zero-order valence-corrected chi connectivity index (χ0v) is 22.2. The van der Waals surface area contributed by atoms with E-state index in [4.69, 9.17) is 4.42 Å². The van der Waals surface area contributed by atoms with Gasteiger partial charge < -0.3 is 20.2 Å². The van der Waals surface area contributed by atoms with Crippen LogP contribution < -0.4 is 15.4 Å². The monoisotopic (exact) mass is 535 g/mol. The van der Waals surface area contributed by atoms with Gasteiger partial charge in [0, 0.05) is 29.4 Å². The minimum Gasteiger partial charge on any atom is -0.480 e. The highest BCUT2D eigenvalue weighted by molar-refractivity contribution is 7.89. The Labute approximate surface area is 220 Å². The first-order chi connectivity index (χ1) is 18.0. The molecule has 0 aliphatic rings. The van der Waals surface area contributed by atoms with Crippen LogP contribution in [0.2, 0.25) is 0 Å². The van der Waals surface area contributed by atoms with Crippen LogP contribution in [0.3, 0.4) is 0 Å². The van der Waals surface area contributed by atoms with E-state index in [1.54, 1.807) is 50.2 Å². The third kappa shape index (κ3) is 5.41. The number of amides is 1. The number of aliphatic carboxylic acids is 1. The van der Waals surface area contributed by atoms with Gasteiger partial charge in [-0.05, 0) is 60.4 Å². The lowest BCUT2D eigenvalue weighted by Crippen LogP contribution is -2.44. The Kier molecular flexibility index (Phi) is 7.56. The molecule has 1 amide bonds. The van der Waals surface area contributed by atoms with Gasteiger partial charge in [-0.3, -0.25) is 9.59 Å². The third-order valence-electron chi connectivity index (χ3n) is 6.28.